The molecule has 0 heterocycles. The number of hydrogen-bond acceptors (Lipinski definition) is 2. The first-order valence-corrected chi connectivity index (χ1v) is 5.87. The van der Waals surface area contributed by atoms with E-state index in [0.717, 1.165) is 0 Å². The molecule has 0 aliphatic rings. The highest BCUT2D eigenvalue weighted by atomic mass is 19.1. The number of benzene rings is 1. The van der Waals surface area contributed by atoms with Crippen molar-refractivity contribution >= 4 is 18.0 Å². The topological polar surface area (TPSA) is 57.6 Å². The summed E-state index contributed by atoms with van der Waals surface area (Å²) in [4.78, 5) is 23.7. The fourth-order valence-corrected chi connectivity index (χ4v) is 1.53. The maximum absolute atomic E-state index is 13.3. The summed E-state index contributed by atoms with van der Waals surface area (Å²) in [5, 5.41) is 8.73. The van der Waals surface area contributed by atoms with E-state index in [2.05, 4.69) is 0 Å². The van der Waals surface area contributed by atoms with E-state index in [4.69, 9.17) is 5.11 Å². The predicted molar refractivity (Wildman–Crippen MR) is 69.9 cm³/mol. The van der Waals surface area contributed by atoms with E-state index in [1.807, 2.05) is 0 Å². The molecule has 1 amide bonds. The Balaban J connectivity index is 2.82. The van der Waals surface area contributed by atoms with Gasteiger partial charge in [0.2, 0.25) is 5.91 Å². The molecule has 1 aromatic rings. The van der Waals surface area contributed by atoms with E-state index >= 15 is 0 Å². The maximum atomic E-state index is 13.3. The number of hydrogen-bond donors (Lipinski definition) is 1. The minimum Gasteiger partial charge on any atom is -0.480 e. The molecule has 19 heavy (non-hydrogen) atoms. The molecule has 0 unspecified atom stereocenters. The molecule has 0 fully saturated rings. The van der Waals surface area contributed by atoms with Crippen molar-refractivity contribution in [1.29, 1.82) is 0 Å². The summed E-state index contributed by atoms with van der Waals surface area (Å²) >= 11 is 0. The summed E-state index contributed by atoms with van der Waals surface area (Å²) in [5.41, 5.74) is 0.287. The van der Waals surface area contributed by atoms with Crippen molar-refractivity contribution in [3.8, 4) is 0 Å². The summed E-state index contributed by atoms with van der Waals surface area (Å²) in [6.07, 6.45) is 2.52. The summed E-state index contributed by atoms with van der Waals surface area (Å²) < 4.78 is 13.3. The zero-order chi connectivity index (χ0) is 14.4. The summed E-state index contributed by atoms with van der Waals surface area (Å²) in [6.45, 7) is 3.06. The van der Waals surface area contributed by atoms with Crippen LogP contribution in [0.1, 0.15) is 19.4 Å². The summed E-state index contributed by atoms with van der Waals surface area (Å²) in [5.74, 6) is -1.97. The van der Waals surface area contributed by atoms with Gasteiger partial charge in [0.15, 0.2) is 0 Å². The van der Waals surface area contributed by atoms with Crippen LogP contribution in [0.2, 0.25) is 0 Å². The quantitative estimate of drug-likeness (QED) is 0.830. The Labute approximate surface area is 111 Å². The Morgan fingerprint density at radius 1 is 1.37 bits per heavy atom. The highest BCUT2D eigenvalue weighted by Crippen LogP contribution is 2.09. The molecule has 0 aromatic heterocycles. The first kappa shape index (κ1) is 14.9. The van der Waals surface area contributed by atoms with Gasteiger partial charge < -0.3 is 10.0 Å². The molecule has 1 N–H and O–H groups in total. The van der Waals surface area contributed by atoms with Gasteiger partial charge in [0.1, 0.15) is 12.4 Å². The van der Waals surface area contributed by atoms with Crippen LogP contribution in [0.15, 0.2) is 30.3 Å². The lowest BCUT2D eigenvalue weighted by Crippen LogP contribution is -2.39. The molecule has 0 aliphatic heterocycles. The molecule has 0 spiro atoms. The fraction of sp³-hybridized carbons (Fsp3) is 0.286. The van der Waals surface area contributed by atoms with E-state index in [1.165, 1.54) is 29.2 Å². The maximum Gasteiger partial charge on any atom is 0.323 e. The monoisotopic (exact) mass is 265 g/mol. The van der Waals surface area contributed by atoms with Crippen LogP contribution in [0.4, 0.5) is 4.39 Å². The van der Waals surface area contributed by atoms with Crippen LogP contribution in [-0.4, -0.2) is 34.5 Å². The van der Waals surface area contributed by atoms with Gasteiger partial charge in [-0.3, -0.25) is 9.59 Å². The van der Waals surface area contributed by atoms with Gasteiger partial charge in [0.25, 0.3) is 0 Å². The van der Waals surface area contributed by atoms with Crippen LogP contribution in [0.25, 0.3) is 6.08 Å². The number of carbonyl (C=O) groups is 2. The Hall–Kier alpha value is -2.17. The van der Waals surface area contributed by atoms with Gasteiger partial charge in [-0.15, -0.1) is 0 Å². The predicted octanol–water partition coefficient (Wildman–Crippen LogP) is 2.16. The molecule has 5 heteroatoms. The molecule has 4 nitrogen and oxygen atoms in total. The SMILES string of the molecule is CC(C)N(CC(=O)O)C(=O)/C=C/c1ccccc1F. The van der Waals surface area contributed by atoms with Crippen molar-refractivity contribution in [2.75, 3.05) is 6.54 Å². The van der Waals surface area contributed by atoms with Gasteiger partial charge in [-0.1, -0.05) is 18.2 Å². The Kier molecular flexibility index (Phi) is 5.23. The van der Waals surface area contributed by atoms with Gasteiger partial charge in [-0.05, 0) is 26.0 Å². The number of aliphatic carboxylic acids is 1. The average molecular weight is 265 g/mol. The second-order valence-electron chi connectivity index (χ2n) is 4.31. The molecule has 0 atom stereocenters. The van der Waals surface area contributed by atoms with Gasteiger partial charge in [-0.25, -0.2) is 4.39 Å². The van der Waals surface area contributed by atoms with Gasteiger partial charge in [-0.2, -0.15) is 0 Å². The number of halogens is 1. The Morgan fingerprint density at radius 3 is 2.53 bits per heavy atom. The van der Waals surface area contributed by atoms with Crippen LogP contribution in [0, 0.1) is 5.82 Å². The van der Waals surface area contributed by atoms with Crippen molar-refractivity contribution in [3.05, 3.63) is 41.7 Å². The van der Waals surface area contributed by atoms with Gasteiger partial charge in [0, 0.05) is 17.7 Å². The minimum absolute atomic E-state index is 0.242. The normalized spacial score (nSPS) is 10.9. The second-order valence-corrected chi connectivity index (χ2v) is 4.31. The number of amides is 1. The van der Waals surface area contributed by atoms with Crippen LogP contribution in [0.3, 0.4) is 0 Å². The molecule has 1 aromatic carbocycles. The Morgan fingerprint density at radius 2 is 2.00 bits per heavy atom. The molecule has 0 radical (unpaired) electrons. The van der Waals surface area contributed by atoms with Gasteiger partial charge in [0.05, 0.1) is 0 Å². The van der Waals surface area contributed by atoms with Crippen molar-refractivity contribution in [1.82, 2.24) is 4.90 Å². The third-order valence-corrected chi connectivity index (χ3v) is 2.52. The molecule has 0 saturated carbocycles. The zero-order valence-corrected chi connectivity index (χ0v) is 10.8. The third-order valence-electron chi connectivity index (χ3n) is 2.52. The van der Waals surface area contributed by atoms with Crippen molar-refractivity contribution < 1.29 is 19.1 Å². The van der Waals surface area contributed by atoms with Crippen LogP contribution in [0.5, 0.6) is 0 Å². The van der Waals surface area contributed by atoms with Crippen molar-refractivity contribution in [2.24, 2.45) is 0 Å². The van der Waals surface area contributed by atoms with Crippen LogP contribution < -0.4 is 0 Å². The van der Waals surface area contributed by atoms with E-state index < -0.39 is 17.7 Å². The molecule has 0 aliphatic carbocycles. The molecule has 1 rings (SSSR count). The molecule has 102 valence electrons. The number of rotatable bonds is 5. The highest BCUT2D eigenvalue weighted by molar-refractivity contribution is 5.93. The lowest BCUT2D eigenvalue weighted by Gasteiger charge is -2.23. The van der Waals surface area contributed by atoms with Crippen molar-refractivity contribution in [3.63, 3.8) is 0 Å². The highest BCUT2D eigenvalue weighted by Gasteiger charge is 2.17. The number of carboxylic acid groups (broad SMARTS) is 1. The Bertz CT molecular complexity index is 497. The summed E-state index contributed by atoms with van der Waals surface area (Å²) in [7, 11) is 0. The largest absolute Gasteiger partial charge is 0.480 e. The molecule has 0 bridgehead atoms. The van der Waals surface area contributed by atoms with Crippen LogP contribution in [-0.2, 0) is 9.59 Å². The van der Waals surface area contributed by atoms with Crippen molar-refractivity contribution in [2.45, 2.75) is 19.9 Å². The minimum atomic E-state index is -1.08. The van der Waals surface area contributed by atoms with E-state index in [1.54, 1.807) is 26.0 Å². The van der Waals surface area contributed by atoms with E-state index in [9.17, 15) is 14.0 Å². The first-order chi connectivity index (χ1) is 8.91. The lowest BCUT2D eigenvalue weighted by atomic mass is 10.2. The number of carbonyl (C=O) groups excluding carboxylic acids is 1. The lowest BCUT2D eigenvalue weighted by molar-refractivity contribution is -0.143. The zero-order valence-electron chi connectivity index (χ0n) is 10.8. The van der Waals surface area contributed by atoms with Gasteiger partial charge >= 0.3 is 5.97 Å². The molecular formula is C14H16FNO3. The van der Waals surface area contributed by atoms with E-state index in [-0.39, 0.29) is 18.2 Å². The smallest absolute Gasteiger partial charge is 0.323 e. The second kappa shape index (κ2) is 6.68. The standard InChI is InChI=1S/C14H16FNO3/c1-10(2)16(9-14(18)19)13(17)8-7-11-5-3-4-6-12(11)15/h3-8,10H,9H2,1-2H3,(H,18,19)/b8-7+. The third kappa shape index (κ3) is 4.54. The number of nitrogens with zero attached hydrogens (tertiary/aromatic N) is 1. The van der Waals surface area contributed by atoms with Crippen LogP contribution >= 0.6 is 0 Å². The molecule has 0 saturated heterocycles. The molecular weight excluding hydrogens is 249 g/mol. The number of carboxylic acids is 1. The van der Waals surface area contributed by atoms with E-state index in [0.29, 0.717) is 0 Å². The fourth-order valence-electron chi connectivity index (χ4n) is 1.53. The average Bonchev–Trinajstić information content (AvgIpc) is 2.34. The summed E-state index contributed by atoms with van der Waals surface area (Å²) in [6, 6.07) is 5.80. The first-order valence-electron chi connectivity index (χ1n) is 5.87.